The number of benzene rings is 2. The molecule has 0 saturated heterocycles. The molecule has 0 bridgehead atoms. The molecule has 38 heavy (non-hydrogen) atoms. The van der Waals surface area contributed by atoms with Crippen molar-refractivity contribution < 1.29 is 14.7 Å². The maximum atomic E-state index is 13.2. The van der Waals surface area contributed by atoms with Crippen LogP contribution < -0.4 is 10.6 Å². The third kappa shape index (κ3) is 5.22. The summed E-state index contributed by atoms with van der Waals surface area (Å²) in [5.41, 5.74) is 4.24. The Bertz CT molecular complexity index is 1520. The van der Waals surface area contributed by atoms with Gasteiger partial charge in [-0.2, -0.15) is 0 Å². The van der Waals surface area contributed by atoms with Crippen molar-refractivity contribution in [2.75, 3.05) is 18.5 Å². The number of rotatable bonds is 8. The minimum absolute atomic E-state index is 0.128. The molecule has 2 aromatic heterocycles. The van der Waals surface area contributed by atoms with Gasteiger partial charge < -0.3 is 19.9 Å². The van der Waals surface area contributed by atoms with Crippen LogP contribution in [0.3, 0.4) is 0 Å². The van der Waals surface area contributed by atoms with E-state index < -0.39 is 6.04 Å². The number of nitrogens with one attached hydrogen (secondary N) is 2. The van der Waals surface area contributed by atoms with E-state index in [0.29, 0.717) is 40.3 Å². The number of aliphatic hydroxyl groups excluding tert-OH is 1. The van der Waals surface area contributed by atoms with E-state index in [1.807, 2.05) is 50.4 Å². The van der Waals surface area contributed by atoms with Crippen LogP contribution in [-0.4, -0.2) is 54.5 Å². The molecule has 0 spiro atoms. The number of imidazole rings is 1. The molecule has 0 fully saturated rings. The summed E-state index contributed by atoms with van der Waals surface area (Å²) in [4.78, 5) is 40.4. The summed E-state index contributed by atoms with van der Waals surface area (Å²) in [7, 11) is 1.84. The molecule has 1 atom stereocenters. The Kier molecular flexibility index (Phi) is 7.08. The van der Waals surface area contributed by atoms with Crippen molar-refractivity contribution in [2.45, 2.75) is 19.5 Å². The number of nitrogens with zero attached hydrogens (tertiary/aromatic N) is 5. The maximum absolute atomic E-state index is 13.2. The van der Waals surface area contributed by atoms with Crippen molar-refractivity contribution in [3.05, 3.63) is 88.3 Å². The van der Waals surface area contributed by atoms with Gasteiger partial charge in [-0.15, -0.1) is 0 Å². The molecule has 194 valence electrons. The van der Waals surface area contributed by atoms with E-state index in [0.717, 1.165) is 16.7 Å². The molecule has 3 N–H and O–H groups in total. The predicted molar refractivity (Wildman–Crippen MR) is 143 cm³/mol. The Labute approximate surface area is 224 Å². The molecule has 0 aliphatic carbocycles. The first-order valence-electron chi connectivity index (χ1n) is 12.0. The second kappa shape index (κ2) is 10.6. The third-order valence-electron chi connectivity index (χ3n) is 6.35. The van der Waals surface area contributed by atoms with Crippen LogP contribution >= 0.6 is 11.6 Å². The Balaban J connectivity index is 1.30. The molecular weight excluding hydrogens is 506 g/mol. The molecule has 1 aliphatic rings. The van der Waals surface area contributed by atoms with E-state index in [1.165, 1.54) is 11.1 Å². The molecule has 1 aliphatic heterocycles. The summed E-state index contributed by atoms with van der Waals surface area (Å²) in [5, 5.41) is 16.0. The molecule has 1 unspecified atom stereocenters. The van der Waals surface area contributed by atoms with Gasteiger partial charge in [-0.05, 0) is 24.1 Å². The SMILES string of the molecule is Cc1cccc(C(CO)NC(=O)CN2Cc3ccc(-c4nc(Nc5nccn5C)ncc4Cl)cc3C2=O)c1. The lowest BCUT2D eigenvalue weighted by Gasteiger charge is -2.20. The molecule has 0 radical (unpaired) electrons. The standard InChI is InChI=1S/C27H26ClN7O3/c1-16-4-3-5-17(10-16)22(15-36)31-23(37)14-35-13-19-7-6-18(11-20(19)25(35)38)24-21(28)12-30-26(32-24)33-27-29-8-9-34(27)2/h3-12,22,36H,13-15H2,1-2H3,(H,31,37)(H,29,30,32,33). The molecule has 0 saturated carbocycles. The summed E-state index contributed by atoms with van der Waals surface area (Å²) < 4.78 is 1.79. The highest BCUT2D eigenvalue weighted by molar-refractivity contribution is 6.33. The van der Waals surface area contributed by atoms with Crippen molar-refractivity contribution >= 4 is 35.3 Å². The zero-order chi connectivity index (χ0) is 26.8. The maximum Gasteiger partial charge on any atom is 0.254 e. The molecule has 3 heterocycles. The van der Waals surface area contributed by atoms with Crippen molar-refractivity contribution in [2.24, 2.45) is 7.05 Å². The fraction of sp³-hybridized carbons (Fsp3) is 0.222. The predicted octanol–water partition coefficient (Wildman–Crippen LogP) is 3.39. The number of carbonyl (C=O) groups is 2. The lowest BCUT2D eigenvalue weighted by atomic mass is 10.0. The molecule has 5 rings (SSSR count). The number of hydrogen-bond donors (Lipinski definition) is 3. The number of fused-ring (bicyclic) bond motifs is 1. The first-order valence-corrected chi connectivity index (χ1v) is 12.4. The van der Waals surface area contributed by atoms with Crippen LogP contribution in [0.25, 0.3) is 11.3 Å². The summed E-state index contributed by atoms with van der Waals surface area (Å²) >= 11 is 6.41. The van der Waals surface area contributed by atoms with Gasteiger partial charge in [0, 0.05) is 37.1 Å². The van der Waals surface area contributed by atoms with Crippen molar-refractivity contribution in [3.63, 3.8) is 0 Å². The lowest BCUT2D eigenvalue weighted by molar-refractivity contribution is -0.122. The van der Waals surface area contributed by atoms with Gasteiger partial charge in [0.05, 0.1) is 29.6 Å². The van der Waals surface area contributed by atoms with Gasteiger partial charge >= 0.3 is 0 Å². The number of amides is 2. The smallest absolute Gasteiger partial charge is 0.254 e. The van der Waals surface area contributed by atoms with Gasteiger partial charge in [0.25, 0.3) is 5.91 Å². The summed E-state index contributed by atoms with van der Waals surface area (Å²) in [5.74, 6) is 0.276. The highest BCUT2D eigenvalue weighted by Gasteiger charge is 2.30. The van der Waals surface area contributed by atoms with Gasteiger partial charge in [0.2, 0.25) is 17.8 Å². The average Bonchev–Trinajstić information content (AvgIpc) is 3.45. The van der Waals surface area contributed by atoms with Gasteiger partial charge in [0.1, 0.15) is 6.54 Å². The van der Waals surface area contributed by atoms with Gasteiger partial charge in [0.15, 0.2) is 0 Å². The fourth-order valence-electron chi connectivity index (χ4n) is 4.39. The number of hydrogen-bond acceptors (Lipinski definition) is 7. The molecule has 2 amide bonds. The van der Waals surface area contributed by atoms with Crippen molar-refractivity contribution in [1.29, 1.82) is 0 Å². The molecular formula is C27H26ClN7O3. The van der Waals surface area contributed by atoms with Crippen molar-refractivity contribution in [3.8, 4) is 11.3 Å². The van der Waals surface area contributed by atoms with Crippen LogP contribution in [0.4, 0.5) is 11.9 Å². The van der Waals surface area contributed by atoms with Crippen LogP contribution in [0.2, 0.25) is 5.02 Å². The van der Waals surface area contributed by atoms with Gasteiger partial charge in [-0.25, -0.2) is 15.0 Å². The second-order valence-corrected chi connectivity index (χ2v) is 9.53. The number of anilines is 2. The summed E-state index contributed by atoms with van der Waals surface area (Å²) in [6.07, 6.45) is 4.94. The van der Waals surface area contributed by atoms with E-state index in [2.05, 4.69) is 25.6 Å². The number of aliphatic hydroxyl groups is 1. The van der Waals surface area contributed by atoms with Crippen molar-refractivity contribution in [1.82, 2.24) is 29.7 Å². The minimum Gasteiger partial charge on any atom is -0.394 e. The normalized spacial score (nSPS) is 13.4. The zero-order valence-corrected chi connectivity index (χ0v) is 21.6. The molecule has 2 aromatic carbocycles. The van der Waals surface area contributed by atoms with E-state index in [4.69, 9.17) is 11.6 Å². The zero-order valence-electron chi connectivity index (χ0n) is 20.8. The van der Waals surface area contributed by atoms with E-state index in [9.17, 15) is 14.7 Å². The lowest BCUT2D eigenvalue weighted by Crippen LogP contribution is -2.40. The van der Waals surface area contributed by atoms with E-state index >= 15 is 0 Å². The van der Waals surface area contributed by atoms with Crippen LogP contribution in [-0.2, 0) is 18.4 Å². The van der Waals surface area contributed by atoms with E-state index in [-0.39, 0.29) is 25.0 Å². The molecule has 11 heteroatoms. The average molecular weight is 532 g/mol. The minimum atomic E-state index is -0.553. The second-order valence-electron chi connectivity index (χ2n) is 9.13. The first-order chi connectivity index (χ1) is 18.3. The van der Waals surface area contributed by atoms with E-state index in [1.54, 1.807) is 23.0 Å². The van der Waals surface area contributed by atoms with Crippen LogP contribution in [0.5, 0.6) is 0 Å². The Morgan fingerprint density at radius 2 is 2.05 bits per heavy atom. The number of aromatic nitrogens is 4. The monoisotopic (exact) mass is 531 g/mol. The number of aryl methyl sites for hydroxylation is 2. The molecule has 4 aromatic rings. The Morgan fingerprint density at radius 3 is 2.79 bits per heavy atom. The highest BCUT2D eigenvalue weighted by Crippen LogP contribution is 2.31. The fourth-order valence-corrected chi connectivity index (χ4v) is 4.59. The quantitative estimate of drug-likeness (QED) is 0.318. The Hall–Kier alpha value is -4.28. The summed E-state index contributed by atoms with van der Waals surface area (Å²) in [6.45, 7) is 1.88. The van der Waals surface area contributed by atoms with Crippen LogP contribution in [0.1, 0.15) is 33.1 Å². The van der Waals surface area contributed by atoms with Crippen LogP contribution in [0, 0.1) is 6.92 Å². The third-order valence-corrected chi connectivity index (χ3v) is 6.62. The largest absolute Gasteiger partial charge is 0.394 e. The topological polar surface area (TPSA) is 125 Å². The van der Waals surface area contributed by atoms with Gasteiger partial charge in [-0.3, -0.25) is 14.9 Å². The summed E-state index contributed by atoms with van der Waals surface area (Å²) in [6, 6.07) is 12.4. The number of halogens is 1. The van der Waals surface area contributed by atoms with Gasteiger partial charge in [-0.1, -0.05) is 53.6 Å². The Morgan fingerprint density at radius 1 is 1.21 bits per heavy atom. The number of carbonyl (C=O) groups excluding carboxylic acids is 2. The molecule has 10 nitrogen and oxygen atoms in total. The first kappa shape index (κ1) is 25.4. The van der Waals surface area contributed by atoms with Crippen LogP contribution in [0.15, 0.2) is 61.1 Å². The highest BCUT2D eigenvalue weighted by atomic mass is 35.5.